The zero-order valence-corrected chi connectivity index (χ0v) is 11.1. The van der Waals surface area contributed by atoms with E-state index in [-0.39, 0.29) is 17.3 Å². The van der Waals surface area contributed by atoms with Crippen LogP contribution in [0.4, 0.5) is 0 Å². The molecule has 0 saturated heterocycles. The van der Waals surface area contributed by atoms with Gasteiger partial charge in [-0.1, -0.05) is 18.5 Å². The SMILES string of the molecule is CCCC(NC(=O)CC1(OC)CCC1)C(N)=NO. The van der Waals surface area contributed by atoms with Crippen LogP contribution < -0.4 is 11.1 Å². The van der Waals surface area contributed by atoms with Gasteiger partial charge in [0.05, 0.1) is 18.1 Å². The summed E-state index contributed by atoms with van der Waals surface area (Å²) in [6.45, 7) is 1.98. The van der Waals surface area contributed by atoms with Gasteiger partial charge in [0.25, 0.3) is 0 Å². The summed E-state index contributed by atoms with van der Waals surface area (Å²) in [4.78, 5) is 11.9. The lowest BCUT2D eigenvalue weighted by molar-refractivity contribution is -0.134. The maximum Gasteiger partial charge on any atom is 0.223 e. The summed E-state index contributed by atoms with van der Waals surface area (Å²) in [7, 11) is 1.64. The molecule has 104 valence electrons. The van der Waals surface area contributed by atoms with Crippen LogP contribution in [0, 0.1) is 0 Å². The van der Waals surface area contributed by atoms with Crippen LogP contribution in [-0.4, -0.2) is 35.7 Å². The van der Waals surface area contributed by atoms with E-state index in [1.807, 2.05) is 6.92 Å². The summed E-state index contributed by atoms with van der Waals surface area (Å²) < 4.78 is 5.40. The highest BCUT2D eigenvalue weighted by molar-refractivity contribution is 5.90. The number of ether oxygens (including phenoxy) is 1. The van der Waals surface area contributed by atoms with E-state index in [0.29, 0.717) is 12.8 Å². The number of nitrogens with two attached hydrogens (primary N) is 1. The molecule has 1 fully saturated rings. The van der Waals surface area contributed by atoms with E-state index in [4.69, 9.17) is 15.7 Å². The van der Waals surface area contributed by atoms with Crippen molar-refractivity contribution in [1.29, 1.82) is 0 Å². The van der Waals surface area contributed by atoms with Crippen molar-refractivity contribution < 1.29 is 14.7 Å². The fraction of sp³-hybridized carbons (Fsp3) is 0.833. The molecule has 4 N–H and O–H groups in total. The number of nitrogens with one attached hydrogen (secondary N) is 1. The van der Waals surface area contributed by atoms with Gasteiger partial charge in [0.1, 0.15) is 0 Å². The second kappa shape index (κ2) is 6.58. The number of hydrogen-bond acceptors (Lipinski definition) is 4. The van der Waals surface area contributed by atoms with Gasteiger partial charge in [-0.05, 0) is 25.7 Å². The second-order valence-corrected chi connectivity index (χ2v) is 4.85. The Balaban J connectivity index is 2.50. The van der Waals surface area contributed by atoms with Gasteiger partial charge in [-0.25, -0.2) is 0 Å². The molecule has 1 atom stereocenters. The van der Waals surface area contributed by atoms with Gasteiger partial charge in [0.15, 0.2) is 5.84 Å². The predicted molar refractivity (Wildman–Crippen MR) is 68.5 cm³/mol. The largest absolute Gasteiger partial charge is 0.409 e. The minimum Gasteiger partial charge on any atom is -0.409 e. The lowest BCUT2D eigenvalue weighted by Crippen LogP contribution is -2.49. The third-order valence-electron chi connectivity index (χ3n) is 3.57. The molecule has 1 amide bonds. The molecule has 1 rings (SSSR count). The molecule has 18 heavy (non-hydrogen) atoms. The summed E-state index contributed by atoms with van der Waals surface area (Å²) in [5.41, 5.74) is 5.25. The van der Waals surface area contributed by atoms with Crippen molar-refractivity contribution in [2.45, 2.75) is 57.1 Å². The van der Waals surface area contributed by atoms with E-state index in [1.54, 1.807) is 7.11 Å². The van der Waals surface area contributed by atoms with Gasteiger partial charge in [-0.3, -0.25) is 4.79 Å². The molecule has 1 unspecified atom stereocenters. The standard InChI is InChI=1S/C12H23N3O3/c1-3-5-9(11(13)15-17)14-10(16)8-12(18-2)6-4-7-12/h9,17H,3-8H2,1-2H3,(H2,13,15)(H,14,16). The zero-order valence-electron chi connectivity index (χ0n) is 11.1. The number of hydrogen-bond donors (Lipinski definition) is 3. The Morgan fingerprint density at radius 3 is 2.67 bits per heavy atom. The van der Waals surface area contributed by atoms with Crippen LogP contribution in [0.15, 0.2) is 5.16 Å². The summed E-state index contributed by atoms with van der Waals surface area (Å²) in [5.74, 6) is -0.0631. The van der Waals surface area contributed by atoms with Gasteiger partial charge in [-0.2, -0.15) is 0 Å². The average Bonchev–Trinajstić information content (AvgIpc) is 2.32. The first-order chi connectivity index (χ1) is 8.56. The average molecular weight is 257 g/mol. The third kappa shape index (κ3) is 3.60. The smallest absolute Gasteiger partial charge is 0.223 e. The normalized spacial score (nSPS) is 20.0. The maximum atomic E-state index is 11.9. The fourth-order valence-corrected chi connectivity index (χ4v) is 2.21. The first kappa shape index (κ1) is 14.8. The van der Waals surface area contributed by atoms with Crippen LogP contribution >= 0.6 is 0 Å². The Morgan fingerprint density at radius 1 is 1.61 bits per heavy atom. The van der Waals surface area contributed by atoms with Crippen LogP contribution in [0.2, 0.25) is 0 Å². The molecule has 0 aromatic heterocycles. The number of amidine groups is 1. The number of methoxy groups -OCH3 is 1. The van der Waals surface area contributed by atoms with Crippen molar-refractivity contribution >= 4 is 11.7 Å². The Labute approximate surface area is 108 Å². The second-order valence-electron chi connectivity index (χ2n) is 4.85. The van der Waals surface area contributed by atoms with Crippen molar-refractivity contribution in [2.75, 3.05) is 7.11 Å². The van der Waals surface area contributed by atoms with E-state index < -0.39 is 6.04 Å². The van der Waals surface area contributed by atoms with Crippen molar-refractivity contribution in [2.24, 2.45) is 10.9 Å². The molecule has 0 aromatic carbocycles. The van der Waals surface area contributed by atoms with Crippen LogP contribution in [0.5, 0.6) is 0 Å². The number of rotatable bonds is 7. The monoisotopic (exact) mass is 257 g/mol. The minimum absolute atomic E-state index is 0.0466. The van der Waals surface area contributed by atoms with Crippen LogP contribution in [0.25, 0.3) is 0 Å². The highest BCUT2D eigenvalue weighted by Crippen LogP contribution is 2.37. The number of nitrogens with zero attached hydrogens (tertiary/aromatic N) is 1. The molecule has 6 nitrogen and oxygen atoms in total. The molecule has 6 heteroatoms. The van der Waals surface area contributed by atoms with Gasteiger partial charge in [0.2, 0.25) is 5.91 Å². The Hall–Kier alpha value is -1.30. The maximum absolute atomic E-state index is 11.9. The van der Waals surface area contributed by atoms with Crippen molar-refractivity contribution in [3.8, 4) is 0 Å². The zero-order chi connectivity index (χ0) is 13.6. The van der Waals surface area contributed by atoms with Crippen molar-refractivity contribution in [3.05, 3.63) is 0 Å². The topological polar surface area (TPSA) is 96.9 Å². The number of oxime groups is 1. The van der Waals surface area contributed by atoms with E-state index in [1.165, 1.54) is 0 Å². The lowest BCUT2D eigenvalue weighted by atomic mass is 9.77. The Kier molecular flexibility index (Phi) is 5.40. The lowest BCUT2D eigenvalue weighted by Gasteiger charge is -2.40. The van der Waals surface area contributed by atoms with Crippen LogP contribution in [-0.2, 0) is 9.53 Å². The first-order valence-corrected chi connectivity index (χ1v) is 6.39. The third-order valence-corrected chi connectivity index (χ3v) is 3.57. The van der Waals surface area contributed by atoms with E-state index in [0.717, 1.165) is 25.7 Å². The molecule has 0 radical (unpaired) electrons. The number of amides is 1. The Bertz CT molecular complexity index is 308. The molecule has 1 aliphatic carbocycles. The molecule has 1 aliphatic rings. The number of carbonyl (C=O) groups is 1. The molecular formula is C12H23N3O3. The van der Waals surface area contributed by atoms with E-state index >= 15 is 0 Å². The Morgan fingerprint density at radius 2 is 2.28 bits per heavy atom. The molecular weight excluding hydrogens is 234 g/mol. The van der Waals surface area contributed by atoms with E-state index in [2.05, 4.69) is 10.5 Å². The fourth-order valence-electron chi connectivity index (χ4n) is 2.21. The predicted octanol–water partition coefficient (Wildman–Crippen LogP) is 0.977. The molecule has 0 spiro atoms. The molecule has 0 aromatic rings. The highest BCUT2D eigenvalue weighted by atomic mass is 16.5. The minimum atomic E-state index is -0.401. The quantitative estimate of drug-likeness (QED) is 0.274. The summed E-state index contributed by atoms with van der Waals surface area (Å²) in [6, 6.07) is -0.401. The molecule has 0 heterocycles. The van der Waals surface area contributed by atoms with Crippen LogP contribution in [0.3, 0.4) is 0 Å². The van der Waals surface area contributed by atoms with Crippen molar-refractivity contribution in [1.82, 2.24) is 5.32 Å². The summed E-state index contributed by atoms with van der Waals surface area (Å²) in [6.07, 6.45) is 4.76. The van der Waals surface area contributed by atoms with E-state index in [9.17, 15) is 4.79 Å². The van der Waals surface area contributed by atoms with Crippen LogP contribution in [0.1, 0.15) is 45.4 Å². The summed E-state index contributed by atoms with van der Waals surface area (Å²) in [5, 5.41) is 14.4. The van der Waals surface area contributed by atoms with Gasteiger partial charge < -0.3 is 21.0 Å². The molecule has 0 bridgehead atoms. The number of carbonyl (C=O) groups excluding carboxylic acids is 1. The molecule has 1 saturated carbocycles. The summed E-state index contributed by atoms with van der Waals surface area (Å²) >= 11 is 0. The first-order valence-electron chi connectivity index (χ1n) is 6.39. The van der Waals surface area contributed by atoms with Gasteiger partial charge in [0, 0.05) is 7.11 Å². The molecule has 0 aliphatic heterocycles. The van der Waals surface area contributed by atoms with Gasteiger partial charge >= 0.3 is 0 Å². The van der Waals surface area contributed by atoms with Gasteiger partial charge in [-0.15, -0.1) is 0 Å². The van der Waals surface area contributed by atoms with Crippen molar-refractivity contribution in [3.63, 3.8) is 0 Å². The highest BCUT2D eigenvalue weighted by Gasteiger charge is 2.39.